The van der Waals surface area contributed by atoms with Gasteiger partial charge in [-0.25, -0.2) is 23.6 Å². The molecule has 2 aromatic rings. The number of benzene rings is 2. The second kappa shape index (κ2) is 9.84. The van der Waals surface area contributed by atoms with Gasteiger partial charge in [-0.15, -0.1) is 0 Å². The third-order valence-electron chi connectivity index (χ3n) is 9.31. The van der Waals surface area contributed by atoms with E-state index in [1.807, 2.05) is 0 Å². The molecule has 0 bridgehead atoms. The van der Waals surface area contributed by atoms with E-state index in [0.29, 0.717) is 16.8 Å². The van der Waals surface area contributed by atoms with Crippen molar-refractivity contribution in [2.24, 2.45) is 21.5 Å². The number of hydrogen-bond donors (Lipinski definition) is 6. The van der Waals surface area contributed by atoms with Gasteiger partial charge in [0, 0.05) is 30.6 Å². The molecule has 1 aliphatic carbocycles. The average molecular weight is 624 g/mol. The van der Waals surface area contributed by atoms with Crippen LogP contribution in [0.1, 0.15) is 27.9 Å². The van der Waals surface area contributed by atoms with Gasteiger partial charge in [0.2, 0.25) is 5.79 Å². The van der Waals surface area contributed by atoms with Crippen molar-refractivity contribution in [1.82, 2.24) is 20.4 Å². The summed E-state index contributed by atoms with van der Waals surface area (Å²) < 4.78 is 28.1. The zero-order valence-corrected chi connectivity index (χ0v) is 23.9. The molecule has 3 unspecified atom stereocenters. The number of guanidine groups is 2. The number of para-hydroxylation sites is 1. The lowest BCUT2D eigenvalue weighted by Crippen LogP contribution is -2.78. The van der Waals surface area contributed by atoms with Gasteiger partial charge in [0.1, 0.15) is 18.6 Å². The molecule has 0 aromatic heterocycles. The maximum atomic E-state index is 14.0. The van der Waals surface area contributed by atoms with Gasteiger partial charge < -0.3 is 37.2 Å². The van der Waals surface area contributed by atoms with Crippen molar-refractivity contribution in [3.63, 3.8) is 0 Å². The number of anilines is 1. The summed E-state index contributed by atoms with van der Waals surface area (Å²) in [6.07, 6.45) is -0.910. The van der Waals surface area contributed by atoms with Gasteiger partial charge in [-0.3, -0.25) is 19.4 Å². The third-order valence-corrected chi connectivity index (χ3v) is 9.31. The fourth-order valence-electron chi connectivity index (χ4n) is 7.17. The number of alkyl halides is 2. The molecule has 2 aromatic carbocycles. The van der Waals surface area contributed by atoms with Gasteiger partial charge in [0.15, 0.2) is 17.6 Å². The Kier molecular flexibility index (Phi) is 6.32. The van der Waals surface area contributed by atoms with Gasteiger partial charge in [0.25, 0.3) is 17.7 Å². The summed E-state index contributed by atoms with van der Waals surface area (Å²) in [5.74, 6) is -7.14. The Bertz CT molecular complexity index is 1670. The quantitative estimate of drug-likeness (QED) is 0.179. The van der Waals surface area contributed by atoms with Crippen LogP contribution in [0, 0.1) is 0 Å². The number of imide groups is 1. The van der Waals surface area contributed by atoms with Crippen LogP contribution >= 0.6 is 0 Å². The molecule has 14 nitrogen and oxygen atoms in total. The second-order valence-corrected chi connectivity index (χ2v) is 12.0. The van der Waals surface area contributed by atoms with Crippen LogP contribution in [0.4, 0.5) is 19.3 Å². The first kappa shape index (κ1) is 28.9. The Labute approximate surface area is 255 Å². The number of aliphatic imine (C=N–C) groups is 2. The zero-order chi connectivity index (χ0) is 31.9. The summed E-state index contributed by atoms with van der Waals surface area (Å²) in [7, 11) is 0. The van der Waals surface area contributed by atoms with Gasteiger partial charge in [0.05, 0.1) is 12.6 Å². The number of hydrogen-bond acceptors (Lipinski definition) is 11. The van der Waals surface area contributed by atoms with E-state index in [9.17, 15) is 33.4 Å². The Morgan fingerprint density at radius 3 is 2.60 bits per heavy atom. The summed E-state index contributed by atoms with van der Waals surface area (Å²) >= 11 is 0. The molecule has 16 heteroatoms. The van der Waals surface area contributed by atoms with Crippen LogP contribution in [-0.4, -0.2) is 105 Å². The minimum Gasteiger partial charge on any atom is -0.370 e. The molecule has 4 heterocycles. The summed E-state index contributed by atoms with van der Waals surface area (Å²) in [6.45, 7) is -0.711. The molecule has 2 saturated heterocycles. The fourth-order valence-corrected chi connectivity index (χ4v) is 7.17. The highest BCUT2D eigenvalue weighted by molar-refractivity contribution is 6.12. The number of nitrogens with one attached hydrogen (secondary N) is 2. The number of urea groups is 1. The van der Waals surface area contributed by atoms with Crippen molar-refractivity contribution in [3.05, 3.63) is 65.2 Å². The molecule has 8 N–H and O–H groups in total. The molecule has 1 spiro atoms. The zero-order valence-electron chi connectivity index (χ0n) is 23.9. The summed E-state index contributed by atoms with van der Waals surface area (Å²) in [5, 5.41) is 29.0. The Balaban J connectivity index is 1.16. The van der Waals surface area contributed by atoms with Crippen molar-refractivity contribution >= 4 is 35.5 Å². The second-order valence-electron chi connectivity index (χ2n) is 12.0. The first-order valence-corrected chi connectivity index (χ1v) is 14.5. The van der Waals surface area contributed by atoms with Gasteiger partial charge in [-0.2, -0.15) is 0 Å². The lowest BCUT2D eigenvalue weighted by Gasteiger charge is -2.49. The fraction of sp³-hybridized carbons (Fsp3) is 0.414. The van der Waals surface area contributed by atoms with E-state index >= 15 is 0 Å². The minimum atomic E-state index is -2.87. The van der Waals surface area contributed by atoms with Crippen LogP contribution in [-0.2, 0) is 17.6 Å². The number of carbonyl (C=O) groups excluding carboxylic acids is 3. The van der Waals surface area contributed by atoms with Gasteiger partial charge in [-0.1, -0.05) is 30.3 Å². The predicted molar refractivity (Wildman–Crippen MR) is 156 cm³/mol. The highest BCUT2D eigenvalue weighted by Gasteiger charge is 2.73. The molecule has 5 aliphatic rings. The van der Waals surface area contributed by atoms with E-state index in [1.54, 1.807) is 36.4 Å². The number of fused-ring (bicyclic) bond motifs is 1. The molecular formula is C29H31F2N9O5. The highest BCUT2D eigenvalue weighted by Crippen LogP contribution is 2.45. The molecule has 0 saturated carbocycles. The average Bonchev–Trinajstić information content (AvgIpc) is 3.57. The molecular weight excluding hydrogens is 592 g/mol. The van der Waals surface area contributed by atoms with Crippen LogP contribution in [0.2, 0.25) is 0 Å². The smallest absolute Gasteiger partial charge is 0.331 e. The molecule has 0 radical (unpaired) electrons. The van der Waals surface area contributed by atoms with Crippen molar-refractivity contribution in [1.29, 1.82) is 0 Å². The number of nitrogens with two attached hydrogens (primary N) is 2. The molecule has 4 atom stereocenters. The van der Waals surface area contributed by atoms with E-state index < -0.39 is 66.2 Å². The monoisotopic (exact) mass is 623 g/mol. The Morgan fingerprint density at radius 1 is 1.09 bits per heavy atom. The van der Waals surface area contributed by atoms with E-state index in [4.69, 9.17) is 11.5 Å². The molecule has 2 fully saturated rings. The normalized spacial score (nSPS) is 29.4. The maximum Gasteiger partial charge on any atom is 0.331 e. The molecule has 7 rings (SSSR count). The molecule has 236 valence electrons. The van der Waals surface area contributed by atoms with E-state index in [-0.39, 0.29) is 43.5 Å². The van der Waals surface area contributed by atoms with Gasteiger partial charge >= 0.3 is 6.03 Å². The van der Waals surface area contributed by atoms with Crippen LogP contribution in [0.15, 0.2) is 58.5 Å². The van der Waals surface area contributed by atoms with Crippen LogP contribution in [0.5, 0.6) is 0 Å². The number of carbonyl (C=O) groups is 3. The van der Waals surface area contributed by atoms with Crippen molar-refractivity contribution in [2.45, 2.75) is 54.8 Å². The van der Waals surface area contributed by atoms with Crippen molar-refractivity contribution in [3.8, 4) is 0 Å². The van der Waals surface area contributed by atoms with Crippen molar-refractivity contribution in [2.75, 3.05) is 24.5 Å². The number of amides is 4. The van der Waals surface area contributed by atoms with E-state index in [1.165, 1.54) is 21.9 Å². The largest absolute Gasteiger partial charge is 0.370 e. The Hall–Kier alpha value is -4.83. The topological polar surface area (TPSA) is 202 Å². The number of halogens is 2. The number of rotatable bonds is 5. The van der Waals surface area contributed by atoms with Crippen LogP contribution in [0.3, 0.4) is 0 Å². The van der Waals surface area contributed by atoms with Crippen LogP contribution < -0.4 is 27.0 Å². The lowest BCUT2D eigenvalue weighted by atomic mass is 9.84. The molecule has 45 heavy (non-hydrogen) atoms. The summed E-state index contributed by atoms with van der Waals surface area (Å²) in [4.78, 5) is 52.3. The molecule has 4 amide bonds. The van der Waals surface area contributed by atoms with Gasteiger partial charge in [-0.05, 0) is 35.7 Å². The summed E-state index contributed by atoms with van der Waals surface area (Å²) in [5.41, 5.74) is 12.0. The minimum absolute atomic E-state index is 0.0129. The van der Waals surface area contributed by atoms with Crippen LogP contribution in [0.25, 0.3) is 0 Å². The highest BCUT2D eigenvalue weighted by atomic mass is 19.3. The van der Waals surface area contributed by atoms with E-state index in [2.05, 4.69) is 20.6 Å². The van der Waals surface area contributed by atoms with Crippen molar-refractivity contribution < 1.29 is 33.4 Å². The predicted octanol–water partition coefficient (Wildman–Crippen LogP) is -0.946. The third kappa shape index (κ3) is 4.30. The SMILES string of the molecule is NC1=NC2[C@H](CN3C(=O)CN(c4ccccc4)C3=O)N=C(N)N3CC(NC(=O)c4cccc5c4CCC(F)(F)C5)C(O)(O)C23N1. The first-order valence-electron chi connectivity index (χ1n) is 14.5. The number of nitrogens with zero attached hydrogens (tertiary/aromatic N) is 5. The lowest BCUT2D eigenvalue weighted by molar-refractivity contribution is -0.230. The van der Waals surface area contributed by atoms with E-state index in [0.717, 1.165) is 4.90 Å². The maximum absolute atomic E-state index is 14.0. The standard InChI is InChI=1S/C29H31F2N9O5/c30-27(31)10-9-17-15(11-27)5-4-8-18(17)23(42)35-20-13-40-25(33)34-19(22-28(40,29(20,44)45)37-24(32)36-22)12-39-21(41)14-38(26(39)43)16-6-2-1-3-7-16/h1-8,19-20,22,44-45H,9-14H2,(H2,33,34)(H,35,42)(H3,32,36,37)/t19-,20?,22?,28?/m0/s1. The first-order chi connectivity index (χ1) is 21.3. The summed E-state index contributed by atoms with van der Waals surface area (Å²) in [6, 6.07) is 9.07. The number of aliphatic hydroxyl groups is 2. The molecule has 4 aliphatic heterocycles. The Morgan fingerprint density at radius 2 is 1.84 bits per heavy atom.